The molecule has 0 bridgehead atoms. The molecular formula is C19H30N4O2. The van der Waals surface area contributed by atoms with Gasteiger partial charge in [0.25, 0.3) is 0 Å². The van der Waals surface area contributed by atoms with E-state index >= 15 is 0 Å². The highest BCUT2D eigenvalue weighted by atomic mass is 16.6. The van der Waals surface area contributed by atoms with Crippen LogP contribution >= 0.6 is 0 Å². The molecule has 0 spiro atoms. The molecule has 0 saturated heterocycles. The van der Waals surface area contributed by atoms with Crippen LogP contribution in [0.1, 0.15) is 36.0 Å². The summed E-state index contributed by atoms with van der Waals surface area (Å²) in [5.74, 6) is 2.59. The Morgan fingerprint density at radius 2 is 2.20 bits per heavy atom. The van der Waals surface area contributed by atoms with Gasteiger partial charge in [0.2, 0.25) is 0 Å². The zero-order valence-electron chi connectivity index (χ0n) is 15.7. The van der Waals surface area contributed by atoms with E-state index in [1.165, 1.54) is 0 Å². The fourth-order valence-corrected chi connectivity index (χ4v) is 2.14. The summed E-state index contributed by atoms with van der Waals surface area (Å²) in [6.45, 7) is 13.8. The third-order valence-corrected chi connectivity index (χ3v) is 3.01. The van der Waals surface area contributed by atoms with Gasteiger partial charge >= 0.3 is 6.09 Å². The topological polar surface area (TPSA) is 66.0 Å². The number of alkyl carbamates (subject to hydrolysis) is 1. The quantitative estimate of drug-likeness (QED) is 0.605. The van der Waals surface area contributed by atoms with Crippen LogP contribution in [0.4, 0.5) is 4.79 Å². The molecule has 2 heterocycles. The first kappa shape index (κ1) is 20.4. The Kier molecular flexibility index (Phi) is 7.80. The van der Waals surface area contributed by atoms with Crippen molar-refractivity contribution in [3.8, 4) is 0 Å². The number of carbonyl (C=O) groups excluding carboxylic acids is 1. The summed E-state index contributed by atoms with van der Waals surface area (Å²) in [7, 11) is 0. The lowest BCUT2D eigenvalue weighted by Crippen LogP contribution is -2.36. The standard InChI is InChI=1S/C17H22N4O2.C2H6.H2/c1-5-8-18-10-14-12-21-11-13(6-7-15(21)20-14)9-19-16(22)23-17(2,3)4;1-2;/h6-7,11-12,15,20H,1,9-10H2,2-4H3,(H,19,22);1-2H3;1H. The number of hydrogen-bond acceptors (Lipinski definition) is 5. The third-order valence-electron chi connectivity index (χ3n) is 3.01. The first-order valence-corrected chi connectivity index (χ1v) is 8.41. The lowest BCUT2D eigenvalue weighted by Gasteiger charge is -2.24. The minimum Gasteiger partial charge on any atom is -0.444 e. The Labute approximate surface area is 151 Å². The molecule has 2 aliphatic heterocycles. The van der Waals surface area contributed by atoms with E-state index in [1.807, 2.05) is 64.1 Å². The van der Waals surface area contributed by atoms with Gasteiger partial charge in [-0.05, 0) is 39.0 Å². The largest absolute Gasteiger partial charge is 0.444 e. The fraction of sp³-hybridized carbons (Fsp3) is 0.474. The van der Waals surface area contributed by atoms with Gasteiger partial charge in [-0.3, -0.25) is 0 Å². The minimum atomic E-state index is -0.497. The van der Waals surface area contributed by atoms with Gasteiger partial charge in [0, 0.05) is 26.2 Å². The Morgan fingerprint density at radius 3 is 2.84 bits per heavy atom. The second kappa shape index (κ2) is 9.58. The highest BCUT2D eigenvalue weighted by Gasteiger charge is 2.23. The van der Waals surface area contributed by atoms with E-state index in [9.17, 15) is 4.79 Å². The molecule has 1 amide bonds. The van der Waals surface area contributed by atoms with Crippen LogP contribution in [0.25, 0.3) is 0 Å². The number of amides is 1. The molecule has 0 aromatic carbocycles. The molecule has 25 heavy (non-hydrogen) atoms. The van der Waals surface area contributed by atoms with Crippen molar-refractivity contribution < 1.29 is 11.0 Å². The first-order chi connectivity index (χ1) is 11.9. The van der Waals surface area contributed by atoms with Crippen LogP contribution in [0, 0.1) is 0 Å². The van der Waals surface area contributed by atoms with Crippen LogP contribution in [-0.4, -0.2) is 41.7 Å². The van der Waals surface area contributed by atoms with Gasteiger partial charge in [-0.15, -0.1) is 0 Å². The molecule has 2 N–H and O–H groups in total. The lowest BCUT2D eigenvalue weighted by molar-refractivity contribution is 0.0533. The molecule has 2 rings (SSSR count). The Hall–Kier alpha value is -2.68. The maximum atomic E-state index is 11.7. The highest BCUT2D eigenvalue weighted by molar-refractivity contribution is 5.68. The molecule has 1 unspecified atom stereocenters. The monoisotopic (exact) mass is 346 g/mol. The van der Waals surface area contributed by atoms with Crippen molar-refractivity contribution in [2.24, 2.45) is 4.99 Å². The molecule has 0 aromatic heterocycles. The normalized spacial score (nSPS) is 17.5. The fourth-order valence-electron chi connectivity index (χ4n) is 2.14. The number of nitrogens with zero attached hydrogens (tertiary/aromatic N) is 2. The van der Waals surface area contributed by atoms with Gasteiger partial charge in [-0.25, -0.2) is 9.79 Å². The Bertz CT molecular complexity index is 649. The number of carbonyl (C=O) groups is 1. The summed E-state index contributed by atoms with van der Waals surface area (Å²) in [5, 5.41) is 6.08. The molecule has 0 radical (unpaired) electrons. The predicted octanol–water partition coefficient (Wildman–Crippen LogP) is 3.32. The van der Waals surface area contributed by atoms with E-state index in [2.05, 4.69) is 33.8 Å². The van der Waals surface area contributed by atoms with E-state index in [4.69, 9.17) is 4.74 Å². The molecular weight excluding hydrogens is 316 g/mol. The molecule has 138 valence electrons. The number of aliphatic imine (C=N–C) groups is 1. The third kappa shape index (κ3) is 7.17. The second-order valence-corrected chi connectivity index (χ2v) is 6.21. The summed E-state index contributed by atoms with van der Waals surface area (Å²) in [6, 6.07) is 0. The Morgan fingerprint density at radius 1 is 1.48 bits per heavy atom. The van der Waals surface area contributed by atoms with Gasteiger partial charge in [0.05, 0.1) is 12.2 Å². The van der Waals surface area contributed by atoms with Crippen molar-refractivity contribution >= 4 is 12.0 Å². The summed E-state index contributed by atoms with van der Waals surface area (Å²) < 4.78 is 5.22. The van der Waals surface area contributed by atoms with E-state index in [0.29, 0.717) is 13.1 Å². The molecule has 0 saturated carbocycles. The number of nitrogens with one attached hydrogen (secondary N) is 2. The van der Waals surface area contributed by atoms with Gasteiger partial charge in [-0.2, -0.15) is 0 Å². The molecule has 6 heteroatoms. The van der Waals surface area contributed by atoms with Crippen LogP contribution in [0.5, 0.6) is 0 Å². The van der Waals surface area contributed by atoms with Crippen LogP contribution < -0.4 is 10.6 Å². The first-order valence-electron chi connectivity index (χ1n) is 8.41. The average Bonchev–Trinajstić information content (AvgIpc) is 2.95. The Balaban J connectivity index is 0.00000201. The average molecular weight is 346 g/mol. The van der Waals surface area contributed by atoms with Crippen molar-refractivity contribution in [3.05, 3.63) is 48.1 Å². The van der Waals surface area contributed by atoms with E-state index in [1.54, 1.807) is 0 Å². The van der Waals surface area contributed by atoms with Gasteiger partial charge < -0.3 is 20.3 Å². The van der Waals surface area contributed by atoms with Crippen molar-refractivity contribution in [1.29, 1.82) is 0 Å². The number of rotatable bonds is 4. The van der Waals surface area contributed by atoms with Gasteiger partial charge in [0.1, 0.15) is 11.8 Å². The minimum absolute atomic E-state index is 0. The van der Waals surface area contributed by atoms with Crippen molar-refractivity contribution in [1.82, 2.24) is 15.5 Å². The maximum absolute atomic E-state index is 11.7. The molecule has 0 fully saturated rings. The number of hydrogen-bond donors (Lipinski definition) is 2. The zero-order chi connectivity index (χ0) is 18.9. The summed E-state index contributed by atoms with van der Waals surface area (Å²) in [5.41, 5.74) is 3.97. The summed E-state index contributed by atoms with van der Waals surface area (Å²) >= 11 is 0. The maximum Gasteiger partial charge on any atom is 0.407 e. The predicted molar refractivity (Wildman–Crippen MR) is 103 cm³/mol. The molecule has 0 aromatic rings. The van der Waals surface area contributed by atoms with E-state index in [0.717, 1.165) is 11.3 Å². The number of fused-ring (bicyclic) bond motifs is 1. The van der Waals surface area contributed by atoms with Crippen LogP contribution in [0.3, 0.4) is 0 Å². The lowest BCUT2D eigenvalue weighted by atomic mass is 10.2. The number of ether oxygens (including phenoxy) is 1. The van der Waals surface area contributed by atoms with Crippen LogP contribution in [-0.2, 0) is 4.74 Å². The van der Waals surface area contributed by atoms with Crippen LogP contribution in [0.2, 0.25) is 0 Å². The molecule has 1 atom stereocenters. The van der Waals surface area contributed by atoms with Crippen molar-refractivity contribution in [3.63, 3.8) is 0 Å². The highest BCUT2D eigenvalue weighted by Crippen LogP contribution is 2.19. The van der Waals surface area contributed by atoms with Crippen LogP contribution in [0.15, 0.2) is 53.1 Å². The van der Waals surface area contributed by atoms with Crippen molar-refractivity contribution in [2.45, 2.75) is 46.4 Å². The van der Waals surface area contributed by atoms with Gasteiger partial charge in [-0.1, -0.05) is 25.7 Å². The summed E-state index contributed by atoms with van der Waals surface area (Å²) in [6.07, 6.45) is 7.64. The second-order valence-electron chi connectivity index (χ2n) is 6.21. The molecule has 0 aliphatic carbocycles. The smallest absolute Gasteiger partial charge is 0.407 e. The van der Waals surface area contributed by atoms with E-state index in [-0.39, 0.29) is 7.59 Å². The zero-order valence-corrected chi connectivity index (χ0v) is 15.7. The van der Waals surface area contributed by atoms with Crippen molar-refractivity contribution in [2.75, 3.05) is 13.1 Å². The van der Waals surface area contributed by atoms with Gasteiger partial charge in [0.15, 0.2) is 0 Å². The SMILES string of the molecule is C=C=C=NCC1=CN2C=C(CNC(=O)OC(C)(C)C)C=CC2N1.CC.[HH]. The van der Waals surface area contributed by atoms with E-state index < -0.39 is 11.7 Å². The summed E-state index contributed by atoms with van der Waals surface area (Å²) in [4.78, 5) is 17.8. The molecule has 2 aliphatic rings. The molecule has 6 nitrogen and oxygen atoms in total.